The van der Waals surface area contributed by atoms with Crippen LogP contribution in [0.1, 0.15) is 18.5 Å². The van der Waals surface area contributed by atoms with Gasteiger partial charge in [-0.25, -0.2) is 0 Å². The number of benzene rings is 1. The first-order chi connectivity index (χ1) is 8.81. The first kappa shape index (κ1) is 13.7. The quantitative estimate of drug-likeness (QED) is 0.874. The maximum atomic E-state index is 11.5. The van der Waals surface area contributed by atoms with Gasteiger partial charge in [-0.2, -0.15) is 0 Å². The number of nitrogens with zero attached hydrogens (tertiary/aromatic N) is 1. The minimum absolute atomic E-state index is 0.406. The molecule has 0 aliphatic carbocycles. The molecule has 1 fully saturated rings. The topological polar surface area (TPSA) is 32.3 Å². The van der Waals surface area contributed by atoms with Crippen LogP contribution in [0.2, 0.25) is 0 Å². The lowest BCUT2D eigenvalue weighted by Gasteiger charge is -2.34. The summed E-state index contributed by atoms with van der Waals surface area (Å²) in [7, 11) is -0.602. The van der Waals surface area contributed by atoms with Crippen molar-refractivity contribution in [2.75, 3.05) is 37.7 Å². The van der Waals surface area contributed by atoms with E-state index in [2.05, 4.69) is 47.5 Å². The van der Waals surface area contributed by atoms with Crippen molar-refractivity contribution in [3.05, 3.63) is 35.9 Å². The molecule has 1 N–H and O–H groups in total. The Hall–Kier alpha value is -0.710. The summed E-state index contributed by atoms with van der Waals surface area (Å²) in [5, 5.41) is 3.44. The van der Waals surface area contributed by atoms with E-state index in [1.165, 1.54) is 5.56 Å². The molecule has 1 aromatic carbocycles. The van der Waals surface area contributed by atoms with E-state index in [1.807, 2.05) is 0 Å². The molecule has 4 heteroatoms. The van der Waals surface area contributed by atoms with E-state index in [0.29, 0.717) is 6.04 Å². The summed E-state index contributed by atoms with van der Waals surface area (Å²) < 4.78 is 11.5. The molecule has 1 aliphatic heterocycles. The zero-order valence-electron chi connectivity index (χ0n) is 11.0. The fourth-order valence-electron chi connectivity index (χ4n) is 2.38. The number of rotatable bonds is 5. The first-order valence-electron chi connectivity index (χ1n) is 6.66. The third kappa shape index (κ3) is 3.64. The molecule has 1 heterocycles. The lowest BCUT2D eigenvalue weighted by molar-refractivity contribution is 0.211. The molecule has 0 saturated carbocycles. The van der Waals surface area contributed by atoms with Crippen LogP contribution >= 0.6 is 0 Å². The minimum Gasteiger partial charge on any atom is -0.315 e. The molecular weight excluding hydrogens is 244 g/mol. The van der Waals surface area contributed by atoms with Crippen LogP contribution in [0.15, 0.2) is 30.3 Å². The fraction of sp³-hybridized carbons (Fsp3) is 0.571. The molecular formula is C14H22N2OS. The van der Waals surface area contributed by atoms with Gasteiger partial charge >= 0.3 is 0 Å². The molecule has 0 bridgehead atoms. The summed E-state index contributed by atoms with van der Waals surface area (Å²) in [5.74, 6) is 1.63. The van der Waals surface area contributed by atoms with Crippen LogP contribution in [0.25, 0.3) is 0 Å². The molecule has 100 valence electrons. The standard InChI is InChI=1S/C14H22N2OS/c1-2-15-12-14(13-6-4-3-5-7-13)16-8-10-18(17)11-9-16/h3-7,14-15H,2,8-12H2,1H3. The second-order valence-electron chi connectivity index (χ2n) is 4.62. The van der Waals surface area contributed by atoms with Gasteiger partial charge in [0.2, 0.25) is 0 Å². The summed E-state index contributed by atoms with van der Waals surface area (Å²) >= 11 is 0. The van der Waals surface area contributed by atoms with Crippen molar-refractivity contribution in [1.29, 1.82) is 0 Å². The number of hydrogen-bond donors (Lipinski definition) is 1. The van der Waals surface area contributed by atoms with Crippen molar-refractivity contribution in [1.82, 2.24) is 10.2 Å². The van der Waals surface area contributed by atoms with Gasteiger partial charge < -0.3 is 5.32 Å². The Morgan fingerprint density at radius 2 is 1.94 bits per heavy atom. The van der Waals surface area contributed by atoms with Crippen molar-refractivity contribution < 1.29 is 4.21 Å². The van der Waals surface area contributed by atoms with Gasteiger partial charge in [-0.1, -0.05) is 37.3 Å². The fourth-order valence-corrected chi connectivity index (χ4v) is 3.46. The van der Waals surface area contributed by atoms with E-state index in [1.54, 1.807) is 0 Å². The van der Waals surface area contributed by atoms with Crippen LogP contribution in [0.5, 0.6) is 0 Å². The Bertz CT molecular complexity index is 373. The average molecular weight is 266 g/mol. The molecule has 0 spiro atoms. The van der Waals surface area contributed by atoms with Crippen LogP contribution in [-0.4, -0.2) is 46.8 Å². The van der Waals surface area contributed by atoms with Gasteiger partial charge in [0.05, 0.1) is 0 Å². The molecule has 18 heavy (non-hydrogen) atoms. The predicted octanol–water partition coefficient (Wildman–Crippen LogP) is 1.40. The Kier molecular flexibility index (Phi) is 5.35. The van der Waals surface area contributed by atoms with E-state index >= 15 is 0 Å². The van der Waals surface area contributed by atoms with Crippen molar-refractivity contribution in [3.8, 4) is 0 Å². The third-order valence-corrected chi connectivity index (χ3v) is 4.70. The van der Waals surface area contributed by atoms with Crippen LogP contribution < -0.4 is 5.32 Å². The Morgan fingerprint density at radius 1 is 1.28 bits per heavy atom. The van der Waals surface area contributed by atoms with Crippen molar-refractivity contribution in [2.45, 2.75) is 13.0 Å². The van der Waals surface area contributed by atoms with E-state index in [9.17, 15) is 4.21 Å². The van der Waals surface area contributed by atoms with Crippen molar-refractivity contribution in [2.24, 2.45) is 0 Å². The summed E-state index contributed by atoms with van der Waals surface area (Å²) in [4.78, 5) is 2.46. The lowest BCUT2D eigenvalue weighted by Crippen LogP contribution is -2.43. The van der Waals surface area contributed by atoms with E-state index < -0.39 is 10.8 Å². The zero-order chi connectivity index (χ0) is 12.8. The Balaban J connectivity index is 2.07. The van der Waals surface area contributed by atoms with Crippen molar-refractivity contribution in [3.63, 3.8) is 0 Å². The number of nitrogens with one attached hydrogen (secondary N) is 1. The first-order valence-corrected chi connectivity index (χ1v) is 8.14. The highest BCUT2D eigenvalue weighted by atomic mass is 32.2. The van der Waals surface area contributed by atoms with Gasteiger partial charge in [-0.3, -0.25) is 9.11 Å². The predicted molar refractivity (Wildman–Crippen MR) is 77.2 cm³/mol. The molecule has 2 rings (SSSR count). The third-order valence-electron chi connectivity index (χ3n) is 3.43. The lowest BCUT2D eigenvalue weighted by atomic mass is 10.1. The van der Waals surface area contributed by atoms with E-state index in [0.717, 1.165) is 37.7 Å². The molecule has 1 atom stereocenters. The monoisotopic (exact) mass is 266 g/mol. The van der Waals surface area contributed by atoms with Gasteiger partial charge in [0.15, 0.2) is 0 Å². The van der Waals surface area contributed by atoms with Crippen LogP contribution in [0.4, 0.5) is 0 Å². The molecule has 0 aromatic heterocycles. The maximum absolute atomic E-state index is 11.5. The number of likely N-dealkylation sites (N-methyl/N-ethyl adjacent to an activating group) is 1. The molecule has 0 amide bonds. The largest absolute Gasteiger partial charge is 0.315 e. The van der Waals surface area contributed by atoms with E-state index in [4.69, 9.17) is 0 Å². The van der Waals surface area contributed by atoms with E-state index in [-0.39, 0.29) is 0 Å². The highest BCUT2D eigenvalue weighted by Crippen LogP contribution is 2.21. The summed E-state index contributed by atoms with van der Waals surface area (Å²) in [6, 6.07) is 11.0. The molecule has 3 nitrogen and oxygen atoms in total. The van der Waals surface area contributed by atoms with Crippen LogP contribution in [-0.2, 0) is 10.8 Å². The van der Waals surface area contributed by atoms with Gasteiger partial charge in [-0.15, -0.1) is 0 Å². The normalized spacial score (nSPS) is 19.8. The van der Waals surface area contributed by atoms with Gasteiger partial charge in [0.25, 0.3) is 0 Å². The Morgan fingerprint density at radius 3 is 2.56 bits per heavy atom. The second kappa shape index (κ2) is 7.02. The zero-order valence-corrected chi connectivity index (χ0v) is 11.8. The molecule has 1 aromatic rings. The van der Waals surface area contributed by atoms with Crippen LogP contribution in [0, 0.1) is 0 Å². The maximum Gasteiger partial charge on any atom is 0.0473 e. The smallest absolute Gasteiger partial charge is 0.0473 e. The molecule has 1 saturated heterocycles. The van der Waals surface area contributed by atoms with Crippen LogP contribution in [0.3, 0.4) is 0 Å². The van der Waals surface area contributed by atoms with Gasteiger partial charge in [0, 0.05) is 48.0 Å². The highest BCUT2D eigenvalue weighted by molar-refractivity contribution is 7.85. The van der Waals surface area contributed by atoms with Gasteiger partial charge in [0.1, 0.15) is 0 Å². The minimum atomic E-state index is -0.602. The molecule has 1 aliphatic rings. The number of hydrogen-bond acceptors (Lipinski definition) is 3. The SMILES string of the molecule is CCNCC(c1ccccc1)N1CCS(=O)CC1. The summed E-state index contributed by atoms with van der Waals surface area (Å²) in [6.07, 6.45) is 0. The summed E-state index contributed by atoms with van der Waals surface area (Å²) in [6.45, 7) is 5.97. The molecule has 0 radical (unpaired) electrons. The Labute approximate surface area is 112 Å². The average Bonchev–Trinajstić information content (AvgIpc) is 2.42. The molecule has 1 unspecified atom stereocenters. The van der Waals surface area contributed by atoms with Gasteiger partial charge in [-0.05, 0) is 12.1 Å². The highest BCUT2D eigenvalue weighted by Gasteiger charge is 2.23. The second-order valence-corrected chi connectivity index (χ2v) is 6.31. The van der Waals surface area contributed by atoms with Crippen molar-refractivity contribution >= 4 is 10.8 Å². The summed E-state index contributed by atoms with van der Waals surface area (Å²) in [5.41, 5.74) is 1.35.